The van der Waals surface area contributed by atoms with E-state index in [1.165, 1.54) is 23.4 Å². The number of hydrogen-bond donors (Lipinski definition) is 1. The van der Waals surface area contributed by atoms with Gasteiger partial charge in [0.2, 0.25) is 5.95 Å². The zero-order chi connectivity index (χ0) is 13.2. The Kier molecular flexibility index (Phi) is 3.66. The van der Waals surface area contributed by atoms with Crippen molar-refractivity contribution in [1.82, 2.24) is 14.9 Å². The van der Waals surface area contributed by atoms with Crippen LogP contribution in [-0.4, -0.2) is 54.1 Å². The number of aromatic nitrogens is 2. The third-order valence-electron chi connectivity index (χ3n) is 4.23. The maximum atomic E-state index is 5.61. The Bertz CT molecular complexity index is 451. The van der Waals surface area contributed by atoms with E-state index in [9.17, 15) is 0 Å². The van der Waals surface area contributed by atoms with Crippen molar-refractivity contribution >= 4 is 5.95 Å². The standard InChI is InChI=1S/C14H23N5/c1-11-12-3-2-4-13(12)17-14(16-11)19-9-7-18(6-5-15)8-10-19/h2-10,15H2,1H3. The molecule has 1 aromatic heterocycles. The Morgan fingerprint density at radius 3 is 2.63 bits per heavy atom. The van der Waals surface area contributed by atoms with E-state index in [4.69, 9.17) is 15.7 Å². The second-order valence-corrected chi connectivity index (χ2v) is 5.51. The van der Waals surface area contributed by atoms with E-state index >= 15 is 0 Å². The van der Waals surface area contributed by atoms with E-state index in [0.29, 0.717) is 0 Å². The van der Waals surface area contributed by atoms with Crippen molar-refractivity contribution in [3.63, 3.8) is 0 Å². The van der Waals surface area contributed by atoms with Gasteiger partial charge in [-0.15, -0.1) is 0 Å². The van der Waals surface area contributed by atoms with Crippen LogP contribution in [-0.2, 0) is 12.8 Å². The van der Waals surface area contributed by atoms with Crippen LogP contribution in [0.2, 0.25) is 0 Å². The molecule has 5 heteroatoms. The molecular weight excluding hydrogens is 238 g/mol. The van der Waals surface area contributed by atoms with Crippen LogP contribution >= 0.6 is 0 Å². The van der Waals surface area contributed by atoms with E-state index < -0.39 is 0 Å². The van der Waals surface area contributed by atoms with Crippen molar-refractivity contribution < 1.29 is 0 Å². The monoisotopic (exact) mass is 261 g/mol. The Morgan fingerprint density at radius 1 is 1.11 bits per heavy atom. The number of rotatable bonds is 3. The smallest absolute Gasteiger partial charge is 0.225 e. The van der Waals surface area contributed by atoms with Crippen LogP contribution in [0.25, 0.3) is 0 Å². The fourth-order valence-electron chi connectivity index (χ4n) is 3.10. The van der Waals surface area contributed by atoms with Gasteiger partial charge >= 0.3 is 0 Å². The maximum Gasteiger partial charge on any atom is 0.225 e. The van der Waals surface area contributed by atoms with E-state index in [1.807, 2.05) is 0 Å². The molecule has 2 heterocycles. The Morgan fingerprint density at radius 2 is 1.89 bits per heavy atom. The second-order valence-electron chi connectivity index (χ2n) is 5.51. The van der Waals surface area contributed by atoms with Crippen LogP contribution in [0.3, 0.4) is 0 Å². The summed E-state index contributed by atoms with van der Waals surface area (Å²) in [5, 5.41) is 0. The number of piperazine rings is 1. The SMILES string of the molecule is Cc1nc(N2CCN(CCN)CC2)nc2c1CCC2. The summed E-state index contributed by atoms with van der Waals surface area (Å²) in [4.78, 5) is 14.2. The third kappa shape index (κ3) is 2.58. The molecule has 104 valence electrons. The van der Waals surface area contributed by atoms with Gasteiger partial charge in [0.15, 0.2) is 0 Å². The molecule has 0 unspecified atom stereocenters. The van der Waals surface area contributed by atoms with Crippen molar-refractivity contribution in [2.45, 2.75) is 26.2 Å². The lowest BCUT2D eigenvalue weighted by Crippen LogP contribution is -2.48. The molecule has 2 N–H and O–H groups in total. The summed E-state index contributed by atoms with van der Waals surface area (Å²) in [5.74, 6) is 0.936. The van der Waals surface area contributed by atoms with Crippen LogP contribution in [0.1, 0.15) is 23.4 Å². The minimum absolute atomic E-state index is 0.744. The van der Waals surface area contributed by atoms with Crippen molar-refractivity contribution in [2.75, 3.05) is 44.2 Å². The molecule has 5 nitrogen and oxygen atoms in total. The van der Waals surface area contributed by atoms with Gasteiger partial charge in [0.25, 0.3) is 0 Å². The minimum Gasteiger partial charge on any atom is -0.338 e. The van der Waals surface area contributed by atoms with Gasteiger partial charge in [-0.2, -0.15) is 0 Å². The maximum absolute atomic E-state index is 5.61. The zero-order valence-corrected chi connectivity index (χ0v) is 11.7. The molecule has 19 heavy (non-hydrogen) atoms. The molecule has 1 fully saturated rings. The van der Waals surface area contributed by atoms with Crippen molar-refractivity contribution in [3.8, 4) is 0 Å². The van der Waals surface area contributed by atoms with Crippen LogP contribution < -0.4 is 10.6 Å². The van der Waals surface area contributed by atoms with Crippen LogP contribution in [0, 0.1) is 6.92 Å². The fraction of sp³-hybridized carbons (Fsp3) is 0.714. The first-order valence-corrected chi connectivity index (χ1v) is 7.31. The summed E-state index contributed by atoms with van der Waals surface area (Å²) in [7, 11) is 0. The normalized spacial score (nSPS) is 19.8. The van der Waals surface area contributed by atoms with Crippen molar-refractivity contribution in [1.29, 1.82) is 0 Å². The second kappa shape index (κ2) is 5.43. The van der Waals surface area contributed by atoms with E-state index in [1.54, 1.807) is 0 Å². The first-order chi connectivity index (χ1) is 9.28. The fourth-order valence-corrected chi connectivity index (χ4v) is 3.10. The average Bonchev–Trinajstić information content (AvgIpc) is 2.89. The van der Waals surface area contributed by atoms with Crippen LogP contribution in [0.15, 0.2) is 0 Å². The van der Waals surface area contributed by atoms with Crippen LogP contribution in [0.4, 0.5) is 5.95 Å². The Hall–Kier alpha value is -1.20. The topological polar surface area (TPSA) is 58.3 Å². The molecule has 0 atom stereocenters. The minimum atomic E-state index is 0.744. The predicted octanol–water partition coefficient (Wildman–Crippen LogP) is 0.354. The van der Waals surface area contributed by atoms with Crippen LogP contribution in [0.5, 0.6) is 0 Å². The predicted molar refractivity (Wildman–Crippen MR) is 76.5 cm³/mol. The molecule has 1 aliphatic heterocycles. The molecule has 0 spiro atoms. The number of anilines is 1. The van der Waals surface area contributed by atoms with E-state index in [-0.39, 0.29) is 0 Å². The highest BCUT2D eigenvalue weighted by molar-refractivity contribution is 5.39. The van der Waals surface area contributed by atoms with Gasteiger partial charge < -0.3 is 10.6 Å². The number of hydrogen-bond acceptors (Lipinski definition) is 5. The first-order valence-electron chi connectivity index (χ1n) is 7.31. The quantitative estimate of drug-likeness (QED) is 0.851. The Labute approximate surface area is 114 Å². The molecule has 3 rings (SSSR count). The van der Waals surface area contributed by atoms with Gasteiger partial charge in [0.05, 0.1) is 0 Å². The summed E-state index contributed by atoms with van der Waals surface area (Å²) in [5.41, 5.74) is 9.47. The summed E-state index contributed by atoms with van der Waals surface area (Å²) in [6, 6.07) is 0. The Balaban J connectivity index is 1.72. The van der Waals surface area contributed by atoms with E-state index in [2.05, 4.69) is 16.7 Å². The molecule has 1 aromatic rings. The highest BCUT2D eigenvalue weighted by Gasteiger charge is 2.22. The first kappa shape index (κ1) is 12.8. The third-order valence-corrected chi connectivity index (χ3v) is 4.23. The van der Waals surface area contributed by atoms with Crippen molar-refractivity contribution in [3.05, 3.63) is 17.0 Å². The summed E-state index contributed by atoms with van der Waals surface area (Å²) < 4.78 is 0. The highest BCUT2D eigenvalue weighted by Crippen LogP contribution is 2.25. The van der Waals surface area contributed by atoms with E-state index in [0.717, 1.165) is 58.1 Å². The molecule has 1 aliphatic carbocycles. The number of aryl methyl sites for hydroxylation is 2. The van der Waals surface area contributed by atoms with Gasteiger partial charge in [0.1, 0.15) is 0 Å². The summed E-state index contributed by atoms with van der Waals surface area (Å²) in [6.45, 7) is 8.02. The number of fused-ring (bicyclic) bond motifs is 1. The number of nitrogens with two attached hydrogens (primary N) is 1. The van der Waals surface area contributed by atoms with Crippen molar-refractivity contribution in [2.24, 2.45) is 5.73 Å². The van der Waals surface area contributed by atoms with Gasteiger partial charge in [-0.05, 0) is 31.7 Å². The molecule has 2 aliphatic rings. The molecular formula is C14H23N5. The van der Waals surface area contributed by atoms with Gasteiger partial charge in [0, 0.05) is 50.7 Å². The largest absolute Gasteiger partial charge is 0.338 e. The van der Waals surface area contributed by atoms with Gasteiger partial charge in [-0.1, -0.05) is 0 Å². The molecule has 0 bridgehead atoms. The molecule has 0 amide bonds. The molecule has 0 saturated carbocycles. The lowest BCUT2D eigenvalue weighted by atomic mass is 10.2. The zero-order valence-electron chi connectivity index (χ0n) is 11.7. The molecule has 0 radical (unpaired) electrons. The van der Waals surface area contributed by atoms with Gasteiger partial charge in [-0.25, -0.2) is 9.97 Å². The average molecular weight is 261 g/mol. The summed E-state index contributed by atoms with van der Waals surface area (Å²) in [6.07, 6.45) is 3.52. The highest BCUT2D eigenvalue weighted by atomic mass is 15.3. The molecule has 1 saturated heterocycles. The molecule has 0 aromatic carbocycles. The number of nitrogens with zero attached hydrogens (tertiary/aromatic N) is 4. The lowest BCUT2D eigenvalue weighted by molar-refractivity contribution is 0.263. The lowest BCUT2D eigenvalue weighted by Gasteiger charge is -2.34. The summed E-state index contributed by atoms with van der Waals surface area (Å²) >= 11 is 0. The van der Waals surface area contributed by atoms with Gasteiger partial charge in [-0.3, -0.25) is 4.90 Å².